The van der Waals surface area contributed by atoms with Crippen LogP contribution in [0, 0.1) is 0 Å². The van der Waals surface area contributed by atoms with E-state index in [0.717, 1.165) is 37.3 Å². The van der Waals surface area contributed by atoms with Crippen LogP contribution in [0.2, 0.25) is 0 Å². The van der Waals surface area contributed by atoms with Crippen LogP contribution >= 0.6 is 0 Å². The number of aryl methyl sites for hydroxylation is 1. The number of hydrogen-bond donors (Lipinski definition) is 1. The Labute approximate surface area is 101 Å². The molecule has 0 aliphatic heterocycles. The summed E-state index contributed by atoms with van der Waals surface area (Å²) in [6.45, 7) is 1.20. The van der Waals surface area contributed by atoms with Crippen molar-refractivity contribution in [3.8, 4) is 11.5 Å². The maximum Gasteiger partial charge on any atom is 0.158 e. The lowest BCUT2D eigenvalue weighted by Crippen LogP contribution is -2.01. The van der Waals surface area contributed by atoms with Crippen molar-refractivity contribution in [2.45, 2.75) is 25.8 Å². The first-order valence-corrected chi connectivity index (χ1v) is 5.95. The van der Waals surface area contributed by atoms with Crippen molar-refractivity contribution < 1.29 is 5.11 Å². The van der Waals surface area contributed by atoms with E-state index in [4.69, 9.17) is 5.11 Å². The molecule has 2 rings (SSSR count). The largest absolute Gasteiger partial charge is 0.396 e. The van der Waals surface area contributed by atoms with Gasteiger partial charge >= 0.3 is 0 Å². The standard InChI is InChI=1S/C13H17N3O/c17-11-5-1-4-9-16-10-8-15-13(16)12-6-2-3-7-14-12/h2-3,6-8,10,17H,1,4-5,9,11H2. The van der Waals surface area contributed by atoms with Crippen molar-refractivity contribution >= 4 is 0 Å². The summed E-state index contributed by atoms with van der Waals surface area (Å²) in [5.74, 6) is 0.912. The smallest absolute Gasteiger partial charge is 0.158 e. The van der Waals surface area contributed by atoms with E-state index in [-0.39, 0.29) is 6.61 Å². The summed E-state index contributed by atoms with van der Waals surface area (Å²) in [4.78, 5) is 8.64. The molecule has 0 radical (unpaired) electrons. The maximum absolute atomic E-state index is 8.73. The van der Waals surface area contributed by atoms with Gasteiger partial charge in [-0.2, -0.15) is 0 Å². The molecule has 0 amide bonds. The molecule has 0 bridgehead atoms. The lowest BCUT2D eigenvalue weighted by atomic mass is 10.2. The van der Waals surface area contributed by atoms with E-state index in [1.807, 2.05) is 24.4 Å². The predicted octanol–water partition coefficient (Wildman–Crippen LogP) is 2.11. The summed E-state index contributed by atoms with van der Waals surface area (Å²) in [5.41, 5.74) is 0.902. The average molecular weight is 231 g/mol. The molecule has 0 spiro atoms. The summed E-state index contributed by atoms with van der Waals surface area (Å²) in [6, 6.07) is 5.83. The Bertz CT molecular complexity index is 439. The van der Waals surface area contributed by atoms with E-state index in [0.29, 0.717) is 0 Å². The molecule has 2 heterocycles. The molecule has 0 fully saturated rings. The van der Waals surface area contributed by atoms with Crippen molar-refractivity contribution in [1.82, 2.24) is 14.5 Å². The van der Waals surface area contributed by atoms with Gasteiger partial charge in [0.15, 0.2) is 5.82 Å². The zero-order chi connectivity index (χ0) is 11.9. The van der Waals surface area contributed by atoms with Gasteiger partial charge in [-0.3, -0.25) is 4.98 Å². The molecule has 4 nitrogen and oxygen atoms in total. The minimum atomic E-state index is 0.275. The molecule has 0 aliphatic rings. The Balaban J connectivity index is 2.02. The van der Waals surface area contributed by atoms with Crippen LogP contribution in [0.5, 0.6) is 0 Å². The van der Waals surface area contributed by atoms with E-state index >= 15 is 0 Å². The molecule has 2 aromatic rings. The fraction of sp³-hybridized carbons (Fsp3) is 0.385. The third kappa shape index (κ3) is 3.14. The fourth-order valence-electron chi connectivity index (χ4n) is 1.79. The SMILES string of the molecule is OCCCCCn1ccnc1-c1ccccn1. The number of nitrogens with zero attached hydrogens (tertiary/aromatic N) is 3. The quantitative estimate of drug-likeness (QED) is 0.775. The van der Waals surface area contributed by atoms with E-state index in [1.54, 1.807) is 12.4 Å². The molecular weight excluding hydrogens is 214 g/mol. The Morgan fingerprint density at radius 3 is 2.76 bits per heavy atom. The normalized spacial score (nSPS) is 10.6. The minimum Gasteiger partial charge on any atom is -0.396 e. The van der Waals surface area contributed by atoms with E-state index in [2.05, 4.69) is 14.5 Å². The second kappa shape index (κ2) is 6.15. The van der Waals surface area contributed by atoms with E-state index in [9.17, 15) is 0 Å². The molecule has 1 N–H and O–H groups in total. The van der Waals surface area contributed by atoms with Crippen molar-refractivity contribution in [2.24, 2.45) is 0 Å². The second-order valence-corrected chi connectivity index (χ2v) is 3.94. The van der Waals surface area contributed by atoms with Crippen molar-refractivity contribution in [2.75, 3.05) is 6.61 Å². The van der Waals surface area contributed by atoms with Gasteiger partial charge in [-0.05, 0) is 31.4 Å². The highest BCUT2D eigenvalue weighted by Gasteiger charge is 2.05. The number of unbranched alkanes of at least 4 members (excludes halogenated alkanes) is 2. The zero-order valence-electron chi connectivity index (χ0n) is 9.79. The zero-order valence-corrected chi connectivity index (χ0v) is 9.79. The minimum absolute atomic E-state index is 0.275. The maximum atomic E-state index is 8.73. The van der Waals surface area contributed by atoms with Crippen LogP contribution in [-0.2, 0) is 6.54 Å². The topological polar surface area (TPSA) is 50.9 Å². The third-order valence-corrected chi connectivity index (χ3v) is 2.67. The van der Waals surface area contributed by atoms with E-state index < -0.39 is 0 Å². The van der Waals surface area contributed by atoms with Gasteiger partial charge in [0.2, 0.25) is 0 Å². The van der Waals surface area contributed by atoms with Crippen LogP contribution in [0.3, 0.4) is 0 Å². The first-order valence-electron chi connectivity index (χ1n) is 5.95. The van der Waals surface area contributed by atoms with E-state index in [1.165, 1.54) is 0 Å². The van der Waals surface area contributed by atoms with Crippen LogP contribution in [-0.4, -0.2) is 26.2 Å². The highest BCUT2D eigenvalue weighted by molar-refractivity contribution is 5.48. The van der Waals surface area contributed by atoms with Gasteiger partial charge in [0, 0.05) is 31.7 Å². The Hall–Kier alpha value is -1.68. The van der Waals surface area contributed by atoms with Crippen LogP contribution < -0.4 is 0 Å². The van der Waals surface area contributed by atoms with Gasteiger partial charge in [0.1, 0.15) is 5.69 Å². The van der Waals surface area contributed by atoms with Gasteiger partial charge in [0.25, 0.3) is 0 Å². The number of rotatable bonds is 6. The molecule has 0 aromatic carbocycles. The Kier molecular flexibility index (Phi) is 4.27. The summed E-state index contributed by atoms with van der Waals surface area (Å²) >= 11 is 0. The summed E-state index contributed by atoms with van der Waals surface area (Å²) in [7, 11) is 0. The summed E-state index contributed by atoms with van der Waals surface area (Å²) in [5, 5.41) is 8.73. The molecule has 17 heavy (non-hydrogen) atoms. The summed E-state index contributed by atoms with van der Waals surface area (Å²) < 4.78 is 2.11. The van der Waals surface area contributed by atoms with Crippen molar-refractivity contribution in [3.05, 3.63) is 36.8 Å². The second-order valence-electron chi connectivity index (χ2n) is 3.94. The van der Waals surface area contributed by atoms with Crippen molar-refractivity contribution in [3.63, 3.8) is 0 Å². The molecule has 0 unspecified atom stereocenters. The molecule has 0 saturated carbocycles. The van der Waals surface area contributed by atoms with Gasteiger partial charge in [0.05, 0.1) is 0 Å². The van der Waals surface area contributed by atoms with Crippen LogP contribution in [0.4, 0.5) is 0 Å². The number of aliphatic hydroxyl groups is 1. The molecule has 0 saturated heterocycles. The van der Waals surface area contributed by atoms with Gasteiger partial charge in [-0.15, -0.1) is 0 Å². The van der Waals surface area contributed by atoms with Crippen LogP contribution in [0.15, 0.2) is 36.8 Å². The molecule has 4 heteroatoms. The first-order chi connectivity index (χ1) is 8.42. The first kappa shape index (κ1) is 11.8. The predicted molar refractivity (Wildman–Crippen MR) is 66.4 cm³/mol. The molecular formula is C13H17N3O. The molecule has 90 valence electrons. The molecule has 0 aliphatic carbocycles. The highest BCUT2D eigenvalue weighted by Crippen LogP contribution is 2.14. The van der Waals surface area contributed by atoms with Crippen molar-refractivity contribution in [1.29, 1.82) is 0 Å². The number of hydrogen-bond acceptors (Lipinski definition) is 3. The number of pyridine rings is 1. The number of aliphatic hydroxyl groups excluding tert-OH is 1. The number of aromatic nitrogens is 3. The molecule has 2 aromatic heterocycles. The third-order valence-electron chi connectivity index (χ3n) is 2.67. The lowest BCUT2D eigenvalue weighted by molar-refractivity contribution is 0.282. The van der Waals surface area contributed by atoms with Gasteiger partial charge in [-0.1, -0.05) is 6.07 Å². The molecule has 0 atom stereocenters. The van der Waals surface area contributed by atoms with Crippen LogP contribution in [0.1, 0.15) is 19.3 Å². The Morgan fingerprint density at radius 2 is 2.00 bits per heavy atom. The van der Waals surface area contributed by atoms with Crippen LogP contribution in [0.25, 0.3) is 11.5 Å². The number of imidazole rings is 1. The summed E-state index contributed by atoms with van der Waals surface area (Å²) in [6.07, 6.45) is 8.51. The highest BCUT2D eigenvalue weighted by atomic mass is 16.2. The van der Waals surface area contributed by atoms with Gasteiger partial charge < -0.3 is 9.67 Å². The average Bonchev–Trinajstić information content (AvgIpc) is 2.84. The monoisotopic (exact) mass is 231 g/mol. The fourth-order valence-corrected chi connectivity index (χ4v) is 1.79. The Morgan fingerprint density at radius 1 is 1.06 bits per heavy atom. The van der Waals surface area contributed by atoms with Gasteiger partial charge in [-0.25, -0.2) is 4.98 Å². The lowest BCUT2D eigenvalue weighted by Gasteiger charge is -2.06.